The maximum atomic E-state index is 11.7. The molecule has 0 unspecified atom stereocenters. The molecule has 0 aliphatic carbocycles. The summed E-state index contributed by atoms with van der Waals surface area (Å²) >= 11 is 0. The van der Waals surface area contributed by atoms with Crippen LogP contribution in [0.25, 0.3) is 22.3 Å². The average Bonchev–Trinajstić information content (AvgIpc) is 3.14. The minimum absolute atomic E-state index is 0.252. The van der Waals surface area contributed by atoms with Crippen molar-refractivity contribution in [3.05, 3.63) is 30.5 Å². The molecule has 0 radical (unpaired) electrons. The molecule has 1 N–H and O–H groups in total. The van der Waals surface area contributed by atoms with Gasteiger partial charge >= 0.3 is 6.09 Å². The number of nitrogens with zero attached hydrogens (tertiary/aromatic N) is 5. The van der Waals surface area contributed by atoms with Crippen molar-refractivity contribution in [1.82, 2.24) is 19.7 Å². The van der Waals surface area contributed by atoms with Gasteiger partial charge in [0, 0.05) is 36.8 Å². The molecule has 1 aliphatic heterocycles. The van der Waals surface area contributed by atoms with Crippen molar-refractivity contribution in [3.63, 3.8) is 0 Å². The maximum Gasteiger partial charge on any atom is 0.411 e. The maximum absolute atomic E-state index is 11.7. The van der Waals surface area contributed by atoms with E-state index in [9.17, 15) is 13.2 Å². The lowest BCUT2D eigenvalue weighted by atomic mass is 10.1. The van der Waals surface area contributed by atoms with Crippen molar-refractivity contribution in [3.8, 4) is 11.3 Å². The molecule has 164 valence electrons. The molecule has 3 heterocycles. The fraction of sp³-hybridized carbons (Fsp3) is 0.368. The van der Waals surface area contributed by atoms with Crippen LogP contribution in [0.15, 0.2) is 30.5 Å². The first kappa shape index (κ1) is 21.0. The Morgan fingerprint density at radius 1 is 1.19 bits per heavy atom. The molecule has 4 rings (SSSR count). The summed E-state index contributed by atoms with van der Waals surface area (Å²) in [5, 5.41) is 7.60. The van der Waals surface area contributed by atoms with Crippen LogP contribution < -0.4 is 10.2 Å². The molecule has 0 atom stereocenters. The Morgan fingerprint density at radius 2 is 1.90 bits per heavy atom. The Kier molecular flexibility index (Phi) is 5.74. The zero-order valence-electron chi connectivity index (χ0n) is 17.1. The highest BCUT2D eigenvalue weighted by Gasteiger charge is 2.20. The van der Waals surface area contributed by atoms with E-state index < -0.39 is 15.9 Å². The van der Waals surface area contributed by atoms with E-state index in [0.717, 1.165) is 11.8 Å². The molecule has 0 saturated carbocycles. The Balaban J connectivity index is 1.78. The van der Waals surface area contributed by atoms with Crippen LogP contribution in [0.3, 0.4) is 0 Å². The first-order valence-corrected chi connectivity index (χ1v) is 11.6. The Bertz CT molecular complexity index is 1200. The van der Waals surface area contributed by atoms with E-state index in [0.29, 0.717) is 54.7 Å². The van der Waals surface area contributed by atoms with Crippen LogP contribution >= 0.6 is 0 Å². The van der Waals surface area contributed by atoms with Gasteiger partial charge in [0.2, 0.25) is 5.95 Å². The lowest BCUT2D eigenvalue weighted by Gasteiger charge is -2.27. The number of carbonyl (C=O) groups excluding carboxylic acids is 1. The molecular weight excluding hydrogens is 424 g/mol. The molecule has 0 bridgehead atoms. The molecule has 31 heavy (non-hydrogen) atoms. The number of anilines is 2. The number of nitrogens with one attached hydrogen (secondary N) is 1. The molecule has 1 aromatic carbocycles. The number of methoxy groups -OCH3 is 1. The monoisotopic (exact) mass is 446 g/mol. The van der Waals surface area contributed by atoms with Crippen LogP contribution in [0.5, 0.6) is 0 Å². The van der Waals surface area contributed by atoms with E-state index in [1.165, 1.54) is 11.8 Å². The average molecular weight is 446 g/mol. The highest BCUT2D eigenvalue weighted by atomic mass is 32.2. The van der Waals surface area contributed by atoms with Gasteiger partial charge < -0.3 is 14.4 Å². The topological polar surface area (TPSA) is 129 Å². The van der Waals surface area contributed by atoms with Crippen molar-refractivity contribution in [2.24, 2.45) is 0 Å². The molecule has 1 fully saturated rings. The zero-order valence-corrected chi connectivity index (χ0v) is 17.9. The number of aromatic nitrogens is 4. The predicted molar refractivity (Wildman–Crippen MR) is 115 cm³/mol. The third-order valence-corrected chi connectivity index (χ3v) is 5.40. The van der Waals surface area contributed by atoms with Crippen molar-refractivity contribution < 1.29 is 22.7 Å². The molecule has 1 amide bonds. The van der Waals surface area contributed by atoms with Gasteiger partial charge in [-0.2, -0.15) is 10.1 Å². The van der Waals surface area contributed by atoms with Crippen LogP contribution in [0.4, 0.5) is 16.4 Å². The van der Waals surface area contributed by atoms with Gasteiger partial charge in [0.1, 0.15) is 5.88 Å². The molecular formula is C19H22N6O5S. The predicted octanol–water partition coefficient (Wildman–Crippen LogP) is 1.51. The van der Waals surface area contributed by atoms with Crippen molar-refractivity contribution in [2.75, 3.05) is 49.9 Å². The van der Waals surface area contributed by atoms with E-state index in [-0.39, 0.29) is 5.88 Å². The van der Waals surface area contributed by atoms with Crippen LogP contribution in [-0.4, -0.2) is 73.9 Å². The smallest absolute Gasteiger partial charge is 0.411 e. The summed E-state index contributed by atoms with van der Waals surface area (Å²) in [6.07, 6.45) is 2.22. The van der Waals surface area contributed by atoms with Crippen molar-refractivity contribution in [2.45, 2.75) is 5.88 Å². The second-order valence-electron chi connectivity index (χ2n) is 7.13. The van der Waals surface area contributed by atoms with Crippen LogP contribution in [0.2, 0.25) is 0 Å². The Morgan fingerprint density at radius 3 is 2.55 bits per heavy atom. The van der Waals surface area contributed by atoms with Gasteiger partial charge in [-0.05, 0) is 12.1 Å². The fourth-order valence-electron chi connectivity index (χ4n) is 3.25. The van der Waals surface area contributed by atoms with E-state index in [2.05, 4.69) is 20.1 Å². The van der Waals surface area contributed by atoms with Crippen molar-refractivity contribution >= 4 is 38.6 Å². The first-order chi connectivity index (χ1) is 14.8. The second-order valence-corrected chi connectivity index (χ2v) is 9.24. The summed E-state index contributed by atoms with van der Waals surface area (Å²) in [4.78, 5) is 22.7. The number of rotatable bonds is 5. The number of hydrogen-bond acceptors (Lipinski definition) is 9. The van der Waals surface area contributed by atoms with E-state index in [4.69, 9.17) is 9.72 Å². The highest BCUT2D eigenvalue weighted by Crippen LogP contribution is 2.29. The molecule has 3 aromatic rings. The second kappa shape index (κ2) is 8.47. The number of fused-ring (bicyclic) bond motifs is 1. The van der Waals surface area contributed by atoms with Crippen LogP contribution in [0.1, 0.15) is 0 Å². The molecule has 1 aliphatic rings. The number of hydrogen-bond donors (Lipinski definition) is 1. The lowest BCUT2D eigenvalue weighted by Crippen LogP contribution is -2.37. The van der Waals surface area contributed by atoms with Gasteiger partial charge in [-0.15, -0.1) is 0 Å². The number of carbonyl (C=O) groups is 1. The SMILES string of the molecule is COC(=O)Nc1ccc(-c2nc(N3CCOCC3)nc3nn(CS(C)(=O)=O)cc23)cc1. The fourth-order valence-corrected chi connectivity index (χ4v) is 3.87. The number of amides is 1. The summed E-state index contributed by atoms with van der Waals surface area (Å²) in [6, 6.07) is 7.08. The van der Waals surface area contributed by atoms with Gasteiger partial charge in [0.15, 0.2) is 15.5 Å². The van der Waals surface area contributed by atoms with E-state index in [1.807, 2.05) is 17.0 Å². The Labute approximate surface area is 178 Å². The quantitative estimate of drug-likeness (QED) is 0.620. The molecule has 0 spiro atoms. The first-order valence-electron chi connectivity index (χ1n) is 9.53. The lowest BCUT2D eigenvalue weighted by molar-refractivity contribution is 0.122. The van der Waals surface area contributed by atoms with Crippen LogP contribution in [-0.2, 0) is 25.2 Å². The minimum atomic E-state index is -3.28. The van der Waals surface area contributed by atoms with Gasteiger partial charge in [0.25, 0.3) is 0 Å². The van der Waals surface area contributed by atoms with Crippen molar-refractivity contribution in [1.29, 1.82) is 0 Å². The highest BCUT2D eigenvalue weighted by molar-refractivity contribution is 7.89. The number of ether oxygens (including phenoxy) is 2. The Hall–Kier alpha value is -3.25. The zero-order chi connectivity index (χ0) is 22.0. The van der Waals surface area contributed by atoms with Gasteiger partial charge in [0.05, 0.1) is 31.4 Å². The number of sulfone groups is 1. The standard InChI is InChI=1S/C19H22N6O5S/c1-29-19(26)20-14-5-3-13(4-6-14)16-15-11-25(12-31(2,27)28)23-17(15)22-18(21-16)24-7-9-30-10-8-24/h3-6,11H,7-10,12H2,1-2H3,(H,20,26). The third kappa shape index (κ3) is 4.91. The van der Waals surface area contributed by atoms with Gasteiger partial charge in [-0.3, -0.25) is 10.00 Å². The van der Waals surface area contributed by atoms with Gasteiger partial charge in [-0.1, -0.05) is 12.1 Å². The minimum Gasteiger partial charge on any atom is -0.453 e. The van der Waals surface area contributed by atoms with E-state index >= 15 is 0 Å². The molecule has 11 nitrogen and oxygen atoms in total. The number of morpholine rings is 1. The summed E-state index contributed by atoms with van der Waals surface area (Å²) in [7, 11) is -1.99. The summed E-state index contributed by atoms with van der Waals surface area (Å²) in [5.74, 6) is 0.254. The molecule has 12 heteroatoms. The third-order valence-electron chi connectivity index (χ3n) is 4.67. The van der Waals surface area contributed by atoms with Gasteiger partial charge in [-0.25, -0.2) is 18.2 Å². The summed E-state index contributed by atoms with van der Waals surface area (Å²) in [6.45, 7) is 2.45. The van der Waals surface area contributed by atoms with Crippen LogP contribution in [0, 0.1) is 0 Å². The van der Waals surface area contributed by atoms with E-state index in [1.54, 1.807) is 18.3 Å². The summed E-state index contributed by atoms with van der Waals surface area (Å²) in [5.41, 5.74) is 2.38. The molecule has 2 aromatic heterocycles. The molecule has 1 saturated heterocycles. The largest absolute Gasteiger partial charge is 0.453 e. The number of benzene rings is 1. The summed E-state index contributed by atoms with van der Waals surface area (Å²) < 4.78 is 34.8. The normalized spacial score (nSPS) is 14.6.